The van der Waals surface area contributed by atoms with Crippen LogP contribution in [0.1, 0.15) is 73.1 Å². The summed E-state index contributed by atoms with van der Waals surface area (Å²) in [7, 11) is 0. The van der Waals surface area contributed by atoms with Gasteiger partial charge < -0.3 is 5.11 Å². The topological polar surface area (TPSA) is 37.3 Å². The lowest BCUT2D eigenvalue weighted by molar-refractivity contribution is -0.152. The number of hydrogen-bond donors (Lipinski definition) is 1. The summed E-state index contributed by atoms with van der Waals surface area (Å²) in [5.74, 6) is 1.16. The molecule has 0 aliphatic heterocycles. The van der Waals surface area contributed by atoms with Crippen molar-refractivity contribution in [2.24, 2.45) is 17.3 Å². The summed E-state index contributed by atoms with van der Waals surface area (Å²) in [5.41, 5.74) is -1.32. The zero-order valence-electron chi connectivity index (χ0n) is 12.8. The van der Waals surface area contributed by atoms with Crippen LogP contribution >= 0.6 is 0 Å². The molecule has 0 amide bonds. The highest BCUT2D eigenvalue weighted by Crippen LogP contribution is 2.56. The van der Waals surface area contributed by atoms with Crippen LogP contribution in [0.4, 0.5) is 0 Å². The third-order valence-electron chi connectivity index (χ3n) is 5.71. The number of hydrogen-bond acceptors (Lipinski definition) is 2. The number of Topliss-reactive ketones (excluding diaryl/α,β-unsaturated/α-hetero) is 1. The number of ketones is 1. The molecular formula is C16H30O2. The van der Waals surface area contributed by atoms with Crippen molar-refractivity contribution in [2.45, 2.75) is 78.7 Å². The van der Waals surface area contributed by atoms with Gasteiger partial charge in [-0.3, -0.25) is 4.79 Å². The second-order valence-corrected chi connectivity index (χ2v) is 6.13. The van der Waals surface area contributed by atoms with Crippen molar-refractivity contribution in [1.82, 2.24) is 0 Å². The van der Waals surface area contributed by atoms with Crippen LogP contribution in [0, 0.1) is 17.3 Å². The first-order valence-electron chi connectivity index (χ1n) is 7.66. The van der Waals surface area contributed by atoms with Gasteiger partial charge in [0.2, 0.25) is 0 Å². The van der Waals surface area contributed by atoms with E-state index in [1.165, 1.54) is 0 Å². The Morgan fingerprint density at radius 3 is 2.22 bits per heavy atom. The molecule has 1 N–H and O–H groups in total. The Hall–Kier alpha value is -0.370. The monoisotopic (exact) mass is 254 g/mol. The van der Waals surface area contributed by atoms with Gasteiger partial charge >= 0.3 is 0 Å². The highest BCUT2D eigenvalue weighted by Gasteiger charge is 2.59. The molecule has 106 valence electrons. The van der Waals surface area contributed by atoms with Gasteiger partial charge in [-0.05, 0) is 31.1 Å². The first-order chi connectivity index (χ1) is 8.41. The third-order valence-corrected chi connectivity index (χ3v) is 5.71. The summed E-state index contributed by atoms with van der Waals surface area (Å²) in [6.45, 7) is 10.6. The first kappa shape index (κ1) is 15.7. The number of carbonyl (C=O) groups is 1. The molecule has 3 atom stereocenters. The highest BCUT2D eigenvalue weighted by atomic mass is 16.3. The standard InChI is InChI=1S/C16H30O2/c1-6-12(7-2)13-10-11-16(18,14(17)8-3)15(13,5)9-4/h12-13,18H,6-11H2,1-5H3. The molecular weight excluding hydrogens is 224 g/mol. The summed E-state index contributed by atoms with van der Waals surface area (Å²) in [6, 6.07) is 0. The van der Waals surface area contributed by atoms with Crippen molar-refractivity contribution in [3.63, 3.8) is 0 Å². The molecule has 1 saturated carbocycles. The second-order valence-electron chi connectivity index (χ2n) is 6.13. The van der Waals surface area contributed by atoms with Gasteiger partial charge in [-0.15, -0.1) is 0 Å². The van der Waals surface area contributed by atoms with Gasteiger partial charge in [0.05, 0.1) is 0 Å². The molecule has 0 spiro atoms. The summed E-state index contributed by atoms with van der Waals surface area (Å²) in [6.07, 6.45) is 5.28. The van der Waals surface area contributed by atoms with E-state index >= 15 is 0 Å². The average Bonchev–Trinajstić information content (AvgIpc) is 2.66. The van der Waals surface area contributed by atoms with Crippen LogP contribution in [0.15, 0.2) is 0 Å². The molecule has 3 unspecified atom stereocenters. The number of rotatable bonds is 6. The van der Waals surface area contributed by atoms with Crippen LogP contribution in [0.25, 0.3) is 0 Å². The SMILES string of the molecule is CCC(=O)C1(O)CCC(C(CC)CC)C1(C)CC. The lowest BCUT2D eigenvalue weighted by Crippen LogP contribution is -2.51. The van der Waals surface area contributed by atoms with Gasteiger partial charge in [-0.1, -0.05) is 47.5 Å². The third kappa shape index (κ3) is 2.13. The van der Waals surface area contributed by atoms with Gasteiger partial charge in [0.1, 0.15) is 5.60 Å². The quantitative estimate of drug-likeness (QED) is 0.779. The predicted molar refractivity (Wildman–Crippen MR) is 75.4 cm³/mol. The summed E-state index contributed by atoms with van der Waals surface area (Å²) < 4.78 is 0. The largest absolute Gasteiger partial charge is 0.381 e. The Kier molecular flexibility index (Phi) is 4.99. The van der Waals surface area contributed by atoms with Crippen LogP contribution in [-0.2, 0) is 4.79 Å². The summed E-state index contributed by atoms with van der Waals surface area (Å²) >= 11 is 0. The van der Waals surface area contributed by atoms with Gasteiger partial charge in [0.25, 0.3) is 0 Å². The first-order valence-corrected chi connectivity index (χ1v) is 7.66. The molecule has 0 radical (unpaired) electrons. The Morgan fingerprint density at radius 1 is 1.28 bits per heavy atom. The molecule has 0 saturated heterocycles. The highest BCUT2D eigenvalue weighted by molar-refractivity contribution is 5.88. The lowest BCUT2D eigenvalue weighted by atomic mass is 9.63. The maximum atomic E-state index is 12.2. The fourth-order valence-electron chi connectivity index (χ4n) is 4.19. The van der Waals surface area contributed by atoms with E-state index in [2.05, 4.69) is 27.7 Å². The Bertz CT molecular complexity index is 295. The van der Waals surface area contributed by atoms with Crippen molar-refractivity contribution < 1.29 is 9.90 Å². The summed E-state index contributed by atoms with van der Waals surface area (Å²) in [4.78, 5) is 12.2. The molecule has 2 heteroatoms. The predicted octanol–water partition coefficient (Wildman–Crippen LogP) is 3.96. The average molecular weight is 254 g/mol. The number of carbonyl (C=O) groups excluding carboxylic acids is 1. The zero-order valence-corrected chi connectivity index (χ0v) is 12.8. The molecule has 0 aromatic rings. The van der Waals surface area contributed by atoms with Crippen LogP contribution in [-0.4, -0.2) is 16.5 Å². The number of aliphatic hydroxyl groups is 1. The minimum absolute atomic E-state index is 0.0420. The zero-order chi connectivity index (χ0) is 14.0. The van der Waals surface area contributed by atoms with Gasteiger partial charge in [0.15, 0.2) is 5.78 Å². The van der Waals surface area contributed by atoms with Crippen LogP contribution < -0.4 is 0 Å². The van der Waals surface area contributed by atoms with Gasteiger partial charge in [-0.25, -0.2) is 0 Å². The van der Waals surface area contributed by atoms with E-state index in [4.69, 9.17) is 0 Å². The fourth-order valence-corrected chi connectivity index (χ4v) is 4.19. The van der Waals surface area contributed by atoms with E-state index in [9.17, 15) is 9.90 Å². The second kappa shape index (κ2) is 5.73. The van der Waals surface area contributed by atoms with E-state index < -0.39 is 5.60 Å². The van der Waals surface area contributed by atoms with E-state index in [0.717, 1.165) is 25.7 Å². The molecule has 0 aromatic carbocycles. The molecule has 0 aromatic heterocycles. The van der Waals surface area contributed by atoms with E-state index in [0.29, 0.717) is 24.7 Å². The van der Waals surface area contributed by atoms with E-state index in [-0.39, 0.29) is 11.2 Å². The van der Waals surface area contributed by atoms with Crippen LogP contribution in [0.3, 0.4) is 0 Å². The van der Waals surface area contributed by atoms with Crippen LogP contribution in [0.2, 0.25) is 0 Å². The molecule has 0 heterocycles. The van der Waals surface area contributed by atoms with E-state index in [1.54, 1.807) is 0 Å². The Labute approximate surface area is 112 Å². The Balaban J connectivity index is 3.11. The smallest absolute Gasteiger partial charge is 0.164 e. The van der Waals surface area contributed by atoms with E-state index in [1.807, 2.05) is 6.92 Å². The van der Waals surface area contributed by atoms with Crippen molar-refractivity contribution in [3.8, 4) is 0 Å². The minimum Gasteiger partial charge on any atom is -0.381 e. The molecule has 1 rings (SSSR count). The lowest BCUT2D eigenvalue weighted by Gasteiger charge is -2.44. The molecule has 18 heavy (non-hydrogen) atoms. The minimum atomic E-state index is -1.08. The molecule has 1 aliphatic carbocycles. The van der Waals surface area contributed by atoms with Crippen molar-refractivity contribution >= 4 is 5.78 Å². The van der Waals surface area contributed by atoms with Crippen molar-refractivity contribution in [3.05, 3.63) is 0 Å². The molecule has 0 bridgehead atoms. The van der Waals surface area contributed by atoms with Crippen LogP contribution in [0.5, 0.6) is 0 Å². The van der Waals surface area contributed by atoms with Crippen molar-refractivity contribution in [2.75, 3.05) is 0 Å². The van der Waals surface area contributed by atoms with Gasteiger partial charge in [-0.2, -0.15) is 0 Å². The Morgan fingerprint density at radius 2 is 1.83 bits per heavy atom. The molecule has 2 nitrogen and oxygen atoms in total. The van der Waals surface area contributed by atoms with Gasteiger partial charge in [0, 0.05) is 11.8 Å². The molecule has 1 fully saturated rings. The van der Waals surface area contributed by atoms with Crippen molar-refractivity contribution in [1.29, 1.82) is 0 Å². The summed E-state index contributed by atoms with van der Waals surface area (Å²) in [5, 5.41) is 10.9. The molecule has 1 aliphatic rings. The fraction of sp³-hybridized carbons (Fsp3) is 0.938. The maximum Gasteiger partial charge on any atom is 0.164 e. The normalized spacial score (nSPS) is 36.3. The maximum absolute atomic E-state index is 12.2.